The molecule has 12 N–H and O–H groups in total. The first-order valence-corrected chi connectivity index (χ1v) is 40.1. The molecule has 5 fully saturated rings. The molecule has 0 spiro atoms. The first-order chi connectivity index (χ1) is 48.7. The molecule has 102 heavy (non-hydrogen) atoms. The first-order valence-electron chi connectivity index (χ1n) is 36.9. The van der Waals surface area contributed by atoms with E-state index in [0.717, 1.165) is 260 Å². The van der Waals surface area contributed by atoms with Crippen molar-refractivity contribution in [2.45, 2.75) is 199 Å². The fourth-order valence-electron chi connectivity index (χ4n) is 13.4. The highest BCUT2D eigenvalue weighted by Crippen LogP contribution is 2.43. The van der Waals surface area contributed by atoms with E-state index < -0.39 is 16.8 Å². The normalized spacial score (nSPS) is 19.7. The molecule has 9 aromatic rings. The highest BCUT2D eigenvalue weighted by Gasteiger charge is 2.31. The number of aromatic nitrogens is 9. The summed E-state index contributed by atoms with van der Waals surface area (Å²) in [5.41, 5.74) is 18.1. The zero-order valence-electron chi connectivity index (χ0n) is 61.4. The average molecular weight is 1520 g/mol. The van der Waals surface area contributed by atoms with Crippen LogP contribution in [-0.4, -0.2) is 194 Å². The largest absolute Gasteiger partial charge is 0.390 e. The second kappa shape index (κ2) is 34.5. The molecule has 14 heterocycles. The van der Waals surface area contributed by atoms with E-state index in [2.05, 4.69) is 161 Å². The number of aromatic amines is 1. The number of nitrogen functional groups attached to an aromatic ring is 1. The number of rotatable bonds is 20. The molecule has 9 aromatic heterocycles. The Morgan fingerprint density at radius 3 is 1.44 bits per heavy atom. The summed E-state index contributed by atoms with van der Waals surface area (Å²) in [5, 5.41) is 60.4. The fraction of sp³-hybridized carbons (Fsp3) is 0.600. The van der Waals surface area contributed by atoms with E-state index in [1.54, 1.807) is 40.2 Å². The number of anilines is 5. The molecular formula is C75H111BrN18O5S3. The molecule has 2 atom stereocenters. The van der Waals surface area contributed by atoms with Gasteiger partial charge in [0, 0.05) is 112 Å². The zero-order valence-corrected chi connectivity index (χ0v) is 65.5. The minimum atomic E-state index is -0.497. The lowest BCUT2D eigenvalue weighted by atomic mass is 9.94. The van der Waals surface area contributed by atoms with Gasteiger partial charge in [-0.3, -0.25) is 5.10 Å². The summed E-state index contributed by atoms with van der Waals surface area (Å²) in [4.78, 5) is 24.9. The Labute approximate surface area is 622 Å². The van der Waals surface area contributed by atoms with Gasteiger partial charge in [0.1, 0.15) is 17.5 Å². The summed E-state index contributed by atoms with van der Waals surface area (Å²) in [6, 6.07) is 18.6. The number of thiophene rings is 3. The molecule has 0 bridgehead atoms. The molecule has 5 saturated heterocycles. The Hall–Kier alpha value is -5.92. The number of nitrogens with zero attached hydrogens (tertiary/aromatic N) is 11. The van der Waals surface area contributed by atoms with Crippen molar-refractivity contribution in [2.75, 3.05) is 119 Å². The predicted octanol–water partition coefficient (Wildman–Crippen LogP) is 14.6. The topological polar surface area (TPSA) is 292 Å². The number of H-pyrrole nitrogens is 1. The van der Waals surface area contributed by atoms with Crippen LogP contribution in [0.4, 0.5) is 28.8 Å². The maximum Gasteiger partial charge on any atom is 0.150 e. The Morgan fingerprint density at radius 1 is 0.559 bits per heavy atom. The molecule has 27 heteroatoms. The molecule has 14 rings (SSSR count). The van der Waals surface area contributed by atoms with Crippen LogP contribution in [0.15, 0.2) is 77.7 Å². The standard InChI is InChI=1S/C28H42N6O2S.C19H23BrN4OS.C19H26N6OS.C9H20N2O/c1-27(2,3)32-24-19-20(29-12-7-14-33-15-10-28(4,35)11-16-33)26-21(31-24)18-23(37-26)22-9-13-30-34(22)25-8-5-6-17-36-25;1-19(2,3)23-16-10-12(20)18-13(22-16)11-15(26-18)14-7-8-21-24(14)17-6-4-5-9-25-17;1-19(26)4-9-25(10-5-19)8-2-6-21-14-12-17(20)23-15-11-16(27-18(14)15)13-3-7-22-24-13;1-9(12)3-7-11(8-4-9)6-2-5-10/h9,13,18-19,25,35H,5-8,10-12,14-17H2,1-4H3,(H2,29,31,32);7-8,10-11,17H,4-6,9H2,1-3H3,(H,22,23);3,7,11-12,26H,2,4-6,8-10H2,1H3,(H,22,24)(H3,20,21,23);12H,2-8,10H2,1H3. The average Bonchev–Trinajstić information content (AvgIpc) is 1.70. The third-order valence-corrected chi connectivity index (χ3v) is 23.7. The molecule has 5 aliphatic rings. The number of pyridine rings is 3. The van der Waals surface area contributed by atoms with E-state index in [-0.39, 0.29) is 23.5 Å². The molecule has 23 nitrogen and oxygen atoms in total. The van der Waals surface area contributed by atoms with Crippen molar-refractivity contribution in [3.8, 4) is 31.7 Å². The summed E-state index contributed by atoms with van der Waals surface area (Å²) in [6.45, 7) is 31.9. The van der Waals surface area contributed by atoms with Crippen molar-refractivity contribution in [2.24, 2.45) is 5.73 Å². The minimum Gasteiger partial charge on any atom is -0.390 e. The quantitative estimate of drug-likeness (QED) is 0.0317. The van der Waals surface area contributed by atoms with E-state index >= 15 is 0 Å². The lowest BCUT2D eigenvalue weighted by molar-refractivity contribution is -0.0384. The molecule has 0 saturated carbocycles. The van der Waals surface area contributed by atoms with Crippen molar-refractivity contribution >= 4 is 109 Å². The maximum absolute atomic E-state index is 10.2. The second-order valence-electron chi connectivity index (χ2n) is 31.0. The number of likely N-dealkylation sites (tertiary alicyclic amines) is 3. The van der Waals surface area contributed by atoms with Crippen molar-refractivity contribution in [3.63, 3.8) is 0 Å². The lowest BCUT2D eigenvalue weighted by Crippen LogP contribution is -2.42. The second-order valence-corrected chi connectivity index (χ2v) is 35.0. The van der Waals surface area contributed by atoms with Gasteiger partial charge in [-0.25, -0.2) is 24.3 Å². The van der Waals surface area contributed by atoms with Gasteiger partial charge in [-0.05, 0) is 243 Å². The van der Waals surface area contributed by atoms with Crippen LogP contribution in [0, 0.1) is 0 Å². The van der Waals surface area contributed by atoms with Crippen LogP contribution in [0.25, 0.3) is 62.4 Å². The molecule has 556 valence electrons. The first kappa shape index (κ1) is 77.2. The van der Waals surface area contributed by atoms with Gasteiger partial charge in [-0.1, -0.05) is 0 Å². The van der Waals surface area contributed by atoms with Crippen LogP contribution >= 0.6 is 49.9 Å². The van der Waals surface area contributed by atoms with E-state index in [0.29, 0.717) is 5.82 Å². The van der Waals surface area contributed by atoms with Crippen molar-refractivity contribution in [3.05, 3.63) is 77.7 Å². The molecule has 0 aromatic carbocycles. The number of hydrogen-bond donors (Lipinski definition) is 10. The van der Waals surface area contributed by atoms with Crippen LogP contribution < -0.4 is 32.7 Å². The number of piperidine rings is 3. The zero-order chi connectivity index (χ0) is 72.2. The number of ether oxygens (including phenoxy) is 2. The summed E-state index contributed by atoms with van der Waals surface area (Å²) < 4.78 is 20.5. The maximum atomic E-state index is 10.2. The van der Waals surface area contributed by atoms with Gasteiger partial charge >= 0.3 is 0 Å². The van der Waals surface area contributed by atoms with Crippen LogP contribution in [0.5, 0.6) is 0 Å². The van der Waals surface area contributed by atoms with Crippen LogP contribution in [-0.2, 0) is 9.47 Å². The third kappa shape index (κ3) is 21.9. The smallest absolute Gasteiger partial charge is 0.150 e. The molecule has 0 aliphatic carbocycles. The van der Waals surface area contributed by atoms with Crippen LogP contribution in [0.1, 0.15) is 171 Å². The van der Waals surface area contributed by atoms with Crippen LogP contribution in [0.3, 0.4) is 0 Å². The Bertz CT molecular complexity index is 4070. The van der Waals surface area contributed by atoms with E-state index in [1.807, 2.05) is 54.7 Å². The Balaban J connectivity index is 0.000000144. The minimum absolute atomic E-state index is 0.00567. The van der Waals surface area contributed by atoms with Crippen LogP contribution in [0.2, 0.25) is 0 Å². The van der Waals surface area contributed by atoms with Gasteiger partial charge in [0.15, 0.2) is 12.5 Å². The Morgan fingerprint density at radius 2 is 0.990 bits per heavy atom. The Kier molecular flexibility index (Phi) is 26.1. The van der Waals surface area contributed by atoms with Gasteiger partial charge in [0.2, 0.25) is 0 Å². The van der Waals surface area contributed by atoms with E-state index in [4.69, 9.17) is 30.9 Å². The summed E-state index contributed by atoms with van der Waals surface area (Å²) in [7, 11) is 0. The number of halogens is 1. The number of hydrogen-bond acceptors (Lipinski definition) is 23. The summed E-state index contributed by atoms with van der Waals surface area (Å²) >= 11 is 8.89. The van der Waals surface area contributed by atoms with Crippen molar-refractivity contribution < 1.29 is 24.8 Å². The monoisotopic (exact) mass is 1520 g/mol. The summed E-state index contributed by atoms with van der Waals surface area (Å²) in [6.07, 6.45) is 20.5. The van der Waals surface area contributed by atoms with Gasteiger partial charge in [0.25, 0.3) is 0 Å². The third-order valence-electron chi connectivity index (χ3n) is 19.3. The van der Waals surface area contributed by atoms with Gasteiger partial charge in [-0.2, -0.15) is 15.3 Å². The highest BCUT2D eigenvalue weighted by atomic mass is 79.9. The number of aliphatic hydroxyl groups is 3. The number of nitrogens with two attached hydrogens (primary N) is 2. The highest BCUT2D eigenvalue weighted by molar-refractivity contribution is 9.10. The van der Waals surface area contributed by atoms with Gasteiger partial charge in [-0.15, -0.1) is 34.0 Å². The fourth-order valence-corrected chi connectivity index (χ4v) is 17.3. The van der Waals surface area contributed by atoms with Crippen molar-refractivity contribution in [1.82, 2.24) is 59.4 Å². The molecule has 0 amide bonds. The van der Waals surface area contributed by atoms with E-state index in [9.17, 15) is 15.3 Å². The lowest BCUT2D eigenvalue weighted by Gasteiger charge is -2.35. The van der Waals surface area contributed by atoms with Gasteiger partial charge in [0.05, 0.1) is 90.5 Å². The molecule has 5 aliphatic heterocycles. The molecule has 0 radical (unpaired) electrons. The van der Waals surface area contributed by atoms with Gasteiger partial charge < -0.3 is 72.2 Å². The van der Waals surface area contributed by atoms with E-state index in [1.165, 1.54) is 17.5 Å². The number of nitrogens with one attached hydrogen (secondary N) is 5. The predicted molar refractivity (Wildman–Crippen MR) is 424 cm³/mol. The molecule has 2 unspecified atom stereocenters. The number of fused-ring (bicyclic) bond motifs is 3. The van der Waals surface area contributed by atoms with Crippen molar-refractivity contribution in [1.29, 1.82) is 0 Å². The summed E-state index contributed by atoms with van der Waals surface area (Å²) in [5.74, 6) is 2.29. The SMILES string of the molecule is CC(C)(C)Nc1cc(Br)c2sc(-c3ccnn3C3CCCCO3)cc2n1.CC1(O)CCN(CCCN)CC1.CC1(O)CCN(CCCNc2cc(N)nc3cc(-c4ccn[nH]4)sc23)CC1.CC1(O)CCN(CCCNc2cc(NC(C)(C)C)nc3cc(-c4ccnn4C4CCCCO4)sc23)CC1. The molecular weight excluding hydrogens is 1410 g/mol.